The van der Waals surface area contributed by atoms with Crippen molar-refractivity contribution in [3.05, 3.63) is 16.4 Å². The Hall–Kier alpha value is -1.37. The topological polar surface area (TPSA) is 63.4 Å². The quantitative estimate of drug-likeness (QED) is 0.723. The molecule has 4 heterocycles. The number of hydrogen-bond donors (Lipinski definition) is 1. The van der Waals surface area contributed by atoms with Crippen LogP contribution in [0.4, 0.5) is 5.82 Å². The first-order chi connectivity index (χ1) is 13.7. The smallest absolute Gasteiger partial charge is 0.177 e. The summed E-state index contributed by atoms with van der Waals surface area (Å²) in [5.41, 5.74) is 2.72. The second-order valence-corrected chi connectivity index (χ2v) is 8.45. The number of nitrogens with one attached hydrogen (secondary N) is 1. The van der Waals surface area contributed by atoms with Gasteiger partial charge in [0, 0.05) is 44.0 Å². The number of unbranched alkanes of at least 4 members (excludes halogenated alkanes) is 1. The predicted molar refractivity (Wildman–Crippen MR) is 112 cm³/mol. The zero-order chi connectivity index (χ0) is 19.5. The number of halogens is 1. The van der Waals surface area contributed by atoms with Gasteiger partial charge in [-0.3, -0.25) is 0 Å². The molecule has 2 aliphatic rings. The summed E-state index contributed by atoms with van der Waals surface area (Å²) in [6.45, 7) is 7.88. The molecule has 0 spiro atoms. The van der Waals surface area contributed by atoms with E-state index >= 15 is 0 Å². The van der Waals surface area contributed by atoms with Crippen molar-refractivity contribution < 1.29 is 9.26 Å². The highest BCUT2D eigenvalue weighted by Gasteiger charge is 2.27. The monoisotopic (exact) mass is 406 g/mol. The summed E-state index contributed by atoms with van der Waals surface area (Å²) in [5.74, 6) is 0.934. The largest absolute Gasteiger partial charge is 0.381 e. The van der Waals surface area contributed by atoms with Gasteiger partial charge in [0.25, 0.3) is 0 Å². The first-order valence-electron chi connectivity index (χ1n) is 10.7. The van der Waals surface area contributed by atoms with Crippen LogP contribution in [0.3, 0.4) is 0 Å². The lowest BCUT2D eigenvalue weighted by Crippen LogP contribution is -2.48. The van der Waals surface area contributed by atoms with Crippen LogP contribution in [0.5, 0.6) is 0 Å². The van der Waals surface area contributed by atoms with Crippen molar-refractivity contribution in [2.75, 3.05) is 31.2 Å². The van der Waals surface area contributed by atoms with E-state index in [0.29, 0.717) is 17.2 Å². The number of rotatable bonds is 6. The van der Waals surface area contributed by atoms with Crippen LogP contribution in [0.2, 0.25) is 5.15 Å². The van der Waals surface area contributed by atoms with Gasteiger partial charge >= 0.3 is 0 Å². The van der Waals surface area contributed by atoms with Gasteiger partial charge in [-0.15, -0.1) is 0 Å². The van der Waals surface area contributed by atoms with E-state index in [2.05, 4.69) is 22.3 Å². The van der Waals surface area contributed by atoms with E-state index in [4.69, 9.17) is 25.8 Å². The molecule has 28 heavy (non-hydrogen) atoms. The Balaban J connectivity index is 1.49. The molecule has 0 unspecified atom stereocenters. The fraction of sp³-hybridized carbons (Fsp3) is 0.714. The van der Waals surface area contributed by atoms with Gasteiger partial charge in [-0.25, -0.2) is 4.98 Å². The second kappa shape index (κ2) is 8.97. The van der Waals surface area contributed by atoms with E-state index in [-0.39, 0.29) is 0 Å². The van der Waals surface area contributed by atoms with E-state index in [0.717, 1.165) is 99.3 Å². The molecule has 2 aromatic rings. The lowest BCUT2D eigenvalue weighted by Gasteiger charge is -2.36. The average molecular weight is 407 g/mol. The Kier molecular flexibility index (Phi) is 6.38. The molecule has 2 saturated heterocycles. The molecule has 0 atom stereocenters. The summed E-state index contributed by atoms with van der Waals surface area (Å²) >= 11 is 6.58. The average Bonchev–Trinajstić information content (AvgIpc) is 3.10. The van der Waals surface area contributed by atoms with Gasteiger partial charge in [0.05, 0.1) is 11.1 Å². The minimum absolute atomic E-state index is 0.564. The number of aryl methyl sites for hydroxylation is 2. The molecule has 0 aliphatic carbocycles. The second-order valence-electron chi connectivity index (χ2n) is 8.10. The number of nitrogens with zero attached hydrogens (tertiary/aromatic N) is 3. The van der Waals surface area contributed by atoms with Gasteiger partial charge in [-0.1, -0.05) is 30.1 Å². The minimum atomic E-state index is 0.564. The van der Waals surface area contributed by atoms with Crippen LogP contribution in [0.15, 0.2) is 4.52 Å². The zero-order valence-corrected chi connectivity index (χ0v) is 17.7. The summed E-state index contributed by atoms with van der Waals surface area (Å²) < 4.78 is 11.2. The van der Waals surface area contributed by atoms with E-state index in [9.17, 15) is 0 Å². The van der Waals surface area contributed by atoms with Crippen molar-refractivity contribution in [1.82, 2.24) is 15.5 Å². The Morgan fingerprint density at radius 2 is 1.86 bits per heavy atom. The maximum absolute atomic E-state index is 6.58. The first kappa shape index (κ1) is 19.9. The van der Waals surface area contributed by atoms with Gasteiger partial charge in [0.2, 0.25) is 0 Å². The van der Waals surface area contributed by atoms with E-state index in [1.807, 2.05) is 6.92 Å². The Bertz CT molecular complexity index is 795. The molecule has 2 fully saturated rings. The van der Waals surface area contributed by atoms with Crippen LogP contribution in [-0.2, 0) is 11.2 Å². The fourth-order valence-corrected chi connectivity index (χ4v) is 4.66. The molecule has 0 radical (unpaired) electrons. The highest BCUT2D eigenvalue weighted by Crippen LogP contribution is 2.36. The molecule has 0 amide bonds. The Labute approximate surface area is 171 Å². The molecule has 2 aromatic heterocycles. The zero-order valence-electron chi connectivity index (χ0n) is 17.0. The molecule has 1 N–H and O–H groups in total. The normalized spacial score (nSPS) is 19.6. The van der Waals surface area contributed by atoms with Crippen molar-refractivity contribution >= 4 is 28.4 Å². The first-order valence-corrected chi connectivity index (χ1v) is 11.1. The highest BCUT2D eigenvalue weighted by atomic mass is 35.5. The van der Waals surface area contributed by atoms with E-state index in [1.165, 1.54) is 0 Å². The summed E-state index contributed by atoms with van der Waals surface area (Å²) in [6.07, 6.45) is 7.53. The lowest BCUT2D eigenvalue weighted by molar-refractivity contribution is 0.0738. The lowest BCUT2D eigenvalue weighted by atomic mass is 10.0. The maximum atomic E-state index is 6.58. The van der Waals surface area contributed by atoms with Crippen molar-refractivity contribution in [3.8, 4) is 0 Å². The van der Waals surface area contributed by atoms with Crippen LogP contribution in [-0.4, -0.2) is 48.5 Å². The molecule has 7 heteroatoms. The molecular formula is C21H31ClN4O2. The van der Waals surface area contributed by atoms with Gasteiger partial charge in [-0.2, -0.15) is 0 Å². The minimum Gasteiger partial charge on any atom is -0.381 e. The fourth-order valence-electron chi connectivity index (χ4n) is 4.40. The number of anilines is 1. The predicted octanol–water partition coefficient (Wildman–Crippen LogP) is 4.26. The number of ether oxygens (including phenoxy) is 1. The molecule has 154 valence electrons. The summed E-state index contributed by atoms with van der Waals surface area (Å²) in [5, 5.41) is 9.66. The van der Waals surface area contributed by atoms with Crippen LogP contribution < -0.4 is 10.2 Å². The van der Waals surface area contributed by atoms with Crippen molar-refractivity contribution in [1.29, 1.82) is 0 Å². The van der Waals surface area contributed by atoms with Crippen molar-refractivity contribution in [2.45, 2.75) is 70.9 Å². The van der Waals surface area contributed by atoms with E-state index < -0.39 is 0 Å². The van der Waals surface area contributed by atoms with Crippen LogP contribution >= 0.6 is 11.6 Å². The number of aromatic nitrogens is 2. The molecule has 0 aromatic carbocycles. The summed E-state index contributed by atoms with van der Waals surface area (Å²) in [4.78, 5) is 7.16. The molecule has 2 aliphatic heterocycles. The maximum Gasteiger partial charge on any atom is 0.177 e. The van der Waals surface area contributed by atoms with Gasteiger partial charge in [-0.05, 0) is 45.4 Å². The van der Waals surface area contributed by atoms with E-state index in [1.54, 1.807) is 0 Å². The number of hydrogen-bond acceptors (Lipinski definition) is 6. The Morgan fingerprint density at radius 1 is 1.14 bits per heavy atom. The molecular weight excluding hydrogens is 376 g/mol. The van der Waals surface area contributed by atoms with Gasteiger partial charge in [0.1, 0.15) is 11.0 Å². The Morgan fingerprint density at radius 3 is 2.57 bits per heavy atom. The molecule has 4 rings (SSSR count). The van der Waals surface area contributed by atoms with Crippen molar-refractivity contribution in [2.24, 2.45) is 0 Å². The van der Waals surface area contributed by atoms with Crippen LogP contribution in [0.25, 0.3) is 11.0 Å². The molecule has 6 nitrogen and oxygen atoms in total. The third kappa shape index (κ3) is 4.14. The number of fused-ring (bicyclic) bond motifs is 1. The number of pyridine rings is 1. The number of piperidine rings is 1. The molecule has 0 bridgehead atoms. The third-order valence-corrected chi connectivity index (χ3v) is 6.39. The highest BCUT2D eigenvalue weighted by molar-refractivity contribution is 6.31. The molecule has 0 saturated carbocycles. The summed E-state index contributed by atoms with van der Waals surface area (Å²) in [6, 6.07) is 1.17. The SMILES string of the molecule is CCCCc1c(Cl)nc(N2CCC(NC3CCOCC3)CC2)c2c(C)noc12. The van der Waals surface area contributed by atoms with Crippen LogP contribution in [0, 0.1) is 6.92 Å². The van der Waals surface area contributed by atoms with Crippen LogP contribution in [0.1, 0.15) is 56.7 Å². The third-order valence-electron chi connectivity index (χ3n) is 6.08. The van der Waals surface area contributed by atoms with Gasteiger partial charge < -0.3 is 19.5 Å². The standard InChI is InChI=1S/C21H31ClN4O2/c1-3-4-5-17-19-18(14(2)25-28-19)21(24-20(17)22)26-10-6-15(7-11-26)23-16-8-12-27-13-9-16/h15-16,23H,3-13H2,1-2H3. The van der Waals surface area contributed by atoms with Gasteiger partial charge in [0.15, 0.2) is 5.58 Å². The summed E-state index contributed by atoms with van der Waals surface area (Å²) in [7, 11) is 0. The van der Waals surface area contributed by atoms with Crippen molar-refractivity contribution in [3.63, 3.8) is 0 Å².